The van der Waals surface area contributed by atoms with Gasteiger partial charge >= 0.3 is 0 Å². The Bertz CT molecular complexity index is 1140. The fourth-order valence-electron chi connectivity index (χ4n) is 2.73. The number of thiazole rings is 1. The summed E-state index contributed by atoms with van der Waals surface area (Å²) in [5.41, 5.74) is 2.12. The van der Waals surface area contributed by atoms with Crippen LogP contribution in [0, 0.1) is 0 Å². The second-order valence-corrected chi connectivity index (χ2v) is 9.05. The number of carbonyl (C=O) groups excluding carboxylic acids is 1. The Hall–Kier alpha value is -2.85. The van der Waals surface area contributed by atoms with Gasteiger partial charge in [-0.1, -0.05) is 17.4 Å². The minimum atomic E-state index is -3.40. The molecule has 1 amide bonds. The average Bonchev–Trinajstić information content (AvgIpc) is 3.07. The molecule has 154 valence electrons. The van der Waals surface area contributed by atoms with Gasteiger partial charge in [-0.05, 0) is 42.3 Å². The van der Waals surface area contributed by atoms with Crippen molar-refractivity contribution >= 4 is 42.6 Å². The Labute approximate surface area is 172 Å². The van der Waals surface area contributed by atoms with Crippen molar-refractivity contribution in [2.45, 2.75) is 6.42 Å². The molecule has 0 aliphatic carbocycles. The molecule has 0 aliphatic heterocycles. The maximum atomic E-state index is 12.5. The van der Waals surface area contributed by atoms with Gasteiger partial charge in [0.05, 0.1) is 30.7 Å². The van der Waals surface area contributed by atoms with Crippen LogP contribution in [0.2, 0.25) is 0 Å². The number of hydrogen-bond donors (Lipinski definition) is 2. The van der Waals surface area contributed by atoms with Crippen LogP contribution in [0.3, 0.4) is 0 Å². The number of nitrogens with zero attached hydrogens (tertiary/aromatic N) is 1. The lowest BCUT2D eigenvalue weighted by molar-refractivity contribution is 0.0954. The van der Waals surface area contributed by atoms with E-state index in [-0.39, 0.29) is 11.0 Å². The molecule has 0 radical (unpaired) electrons. The first-order valence-corrected chi connectivity index (χ1v) is 11.4. The lowest BCUT2D eigenvalue weighted by Crippen LogP contribution is -2.25. The van der Waals surface area contributed by atoms with E-state index in [2.05, 4.69) is 15.0 Å². The molecular weight excluding hydrogens is 414 g/mol. The van der Waals surface area contributed by atoms with Gasteiger partial charge in [-0.25, -0.2) is 13.4 Å². The van der Waals surface area contributed by atoms with Crippen LogP contribution >= 0.6 is 11.3 Å². The van der Waals surface area contributed by atoms with Gasteiger partial charge in [-0.3, -0.25) is 9.52 Å². The molecule has 0 saturated carbocycles. The number of carbonyl (C=O) groups is 1. The first-order chi connectivity index (χ1) is 13.8. The first-order valence-electron chi connectivity index (χ1n) is 8.66. The van der Waals surface area contributed by atoms with E-state index in [0.717, 1.165) is 16.5 Å². The topological polar surface area (TPSA) is 107 Å². The monoisotopic (exact) mass is 435 g/mol. The number of sulfonamides is 1. The molecule has 0 atom stereocenters. The summed E-state index contributed by atoms with van der Waals surface area (Å²) in [6, 6.07) is 10.7. The molecule has 0 bridgehead atoms. The number of ether oxygens (including phenoxy) is 2. The summed E-state index contributed by atoms with van der Waals surface area (Å²) in [7, 11) is -0.237. The zero-order valence-corrected chi connectivity index (χ0v) is 17.8. The molecule has 10 heteroatoms. The van der Waals surface area contributed by atoms with Crippen LogP contribution in [-0.4, -0.2) is 46.3 Å². The number of nitrogens with one attached hydrogen (secondary N) is 2. The van der Waals surface area contributed by atoms with Crippen molar-refractivity contribution in [1.29, 1.82) is 0 Å². The van der Waals surface area contributed by atoms with E-state index in [9.17, 15) is 13.2 Å². The van der Waals surface area contributed by atoms with E-state index < -0.39 is 10.0 Å². The van der Waals surface area contributed by atoms with Crippen molar-refractivity contribution in [3.63, 3.8) is 0 Å². The maximum absolute atomic E-state index is 12.5. The summed E-state index contributed by atoms with van der Waals surface area (Å²) in [5.74, 6) is 1.09. The largest absolute Gasteiger partial charge is 0.493 e. The highest BCUT2D eigenvalue weighted by atomic mass is 32.2. The zero-order valence-electron chi connectivity index (χ0n) is 16.2. The highest BCUT2D eigenvalue weighted by Gasteiger charge is 2.12. The molecule has 1 heterocycles. The van der Waals surface area contributed by atoms with E-state index in [0.29, 0.717) is 35.5 Å². The lowest BCUT2D eigenvalue weighted by Gasteiger charge is -2.10. The predicted octanol–water partition coefficient (Wildman–Crippen LogP) is 2.66. The fraction of sp³-hybridized carbons (Fsp3) is 0.263. The number of fused-ring (bicyclic) bond motifs is 1. The second-order valence-electron chi connectivity index (χ2n) is 6.27. The Kier molecular flexibility index (Phi) is 6.23. The maximum Gasteiger partial charge on any atom is 0.251 e. The Balaban J connectivity index is 1.64. The quantitative estimate of drug-likeness (QED) is 0.563. The molecule has 0 spiro atoms. The van der Waals surface area contributed by atoms with E-state index in [1.807, 2.05) is 18.2 Å². The average molecular weight is 436 g/mol. The molecular formula is C19H21N3O5S2. The standard InChI is InChI=1S/C19H21N3O5S2/c1-26-15-7-4-12(10-16(15)27-2)8-9-20-18(23)13-5-6-14-17(11-13)28-19(21-14)22-29(3,24)25/h4-7,10-11H,8-9H2,1-3H3,(H,20,23)(H,21,22). The normalized spacial score (nSPS) is 11.3. The molecule has 29 heavy (non-hydrogen) atoms. The molecule has 0 fully saturated rings. The number of aromatic nitrogens is 1. The third-order valence-electron chi connectivity index (χ3n) is 4.07. The smallest absolute Gasteiger partial charge is 0.251 e. The van der Waals surface area contributed by atoms with Gasteiger partial charge in [0.15, 0.2) is 16.6 Å². The SMILES string of the molecule is COc1ccc(CCNC(=O)c2ccc3nc(NS(C)(=O)=O)sc3c2)cc1OC. The van der Waals surface area contributed by atoms with Gasteiger partial charge in [0.25, 0.3) is 5.91 Å². The van der Waals surface area contributed by atoms with Crippen molar-refractivity contribution in [3.8, 4) is 11.5 Å². The predicted molar refractivity (Wildman–Crippen MR) is 114 cm³/mol. The molecule has 2 aromatic carbocycles. The summed E-state index contributed by atoms with van der Waals surface area (Å²) >= 11 is 1.18. The van der Waals surface area contributed by atoms with E-state index in [1.54, 1.807) is 32.4 Å². The lowest BCUT2D eigenvalue weighted by atomic mass is 10.1. The van der Waals surface area contributed by atoms with Crippen LogP contribution in [0.25, 0.3) is 10.2 Å². The van der Waals surface area contributed by atoms with E-state index in [1.165, 1.54) is 11.3 Å². The molecule has 3 aromatic rings. The Morgan fingerprint density at radius 3 is 2.55 bits per heavy atom. The van der Waals surface area contributed by atoms with E-state index >= 15 is 0 Å². The molecule has 3 rings (SSSR count). The molecule has 0 unspecified atom stereocenters. The van der Waals surface area contributed by atoms with Gasteiger partial charge in [0, 0.05) is 12.1 Å². The Morgan fingerprint density at radius 2 is 1.86 bits per heavy atom. The van der Waals surface area contributed by atoms with Crippen molar-refractivity contribution in [2.24, 2.45) is 0 Å². The van der Waals surface area contributed by atoms with Crippen LogP contribution in [-0.2, 0) is 16.4 Å². The minimum Gasteiger partial charge on any atom is -0.493 e. The highest BCUT2D eigenvalue weighted by molar-refractivity contribution is 7.92. The number of methoxy groups -OCH3 is 2. The van der Waals surface area contributed by atoms with Gasteiger partial charge in [-0.15, -0.1) is 0 Å². The summed E-state index contributed by atoms with van der Waals surface area (Å²) < 4.78 is 36.3. The number of benzene rings is 2. The van der Waals surface area contributed by atoms with Crippen LogP contribution in [0.4, 0.5) is 5.13 Å². The second kappa shape index (κ2) is 8.66. The summed E-state index contributed by atoms with van der Waals surface area (Å²) in [6.07, 6.45) is 1.70. The van der Waals surface area contributed by atoms with Crippen LogP contribution < -0.4 is 19.5 Å². The molecule has 2 N–H and O–H groups in total. The van der Waals surface area contributed by atoms with Crippen LogP contribution in [0.5, 0.6) is 11.5 Å². The van der Waals surface area contributed by atoms with Gasteiger partial charge in [0.2, 0.25) is 10.0 Å². The minimum absolute atomic E-state index is 0.210. The number of rotatable bonds is 8. The van der Waals surface area contributed by atoms with Crippen LogP contribution in [0.15, 0.2) is 36.4 Å². The van der Waals surface area contributed by atoms with Crippen molar-refractivity contribution in [3.05, 3.63) is 47.5 Å². The number of hydrogen-bond acceptors (Lipinski definition) is 7. The van der Waals surface area contributed by atoms with E-state index in [4.69, 9.17) is 9.47 Å². The molecule has 1 aromatic heterocycles. The summed E-state index contributed by atoms with van der Waals surface area (Å²) in [5, 5.41) is 3.16. The van der Waals surface area contributed by atoms with Crippen LogP contribution in [0.1, 0.15) is 15.9 Å². The highest BCUT2D eigenvalue weighted by Crippen LogP contribution is 2.28. The van der Waals surface area contributed by atoms with Crippen molar-refractivity contribution in [1.82, 2.24) is 10.3 Å². The van der Waals surface area contributed by atoms with Gasteiger partial charge in [-0.2, -0.15) is 0 Å². The summed E-state index contributed by atoms with van der Waals surface area (Å²) in [6.45, 7) is 0.454. The third-order valence-corrected chi connectivity index (χ3v) is 5.70. The zero-order chi connectivity index (χ0) is 21.0. The number of amides is 1. The molecule has 0 saturated heterocycles. The third kappa shape index (κ3) is 5.36. The van der Waals surface area contributed by atoms with Crippen molar-refractivity contribution < 1.29 is 22.7 Å². The van der Waals surface area contributed by atoms with Gasteiger partial charge < -0.3 is 14.8 Å². The molecule has 0 aliphatic rings. The fourth-order valence-corrected chi connectivity index (χ4v) is 4.47. The first kappa shape index (κ1) is 20.9. The molecule has 8 nitrogen and oxygen atoms in total. The van der Waals surface area contributed by atoms with Crippen molar-refractivity contribution in [2.75, 3.05) is 31.7 Å². The van der Waals surface area contributed by atoms with Gasteiger partial charge in [0.1, 0.15) is 0 Å². The Morgan fingerprint density at radius 1 is 1.10 bits per heavy atom. The number of anilines is 1. The summed E-state index contributed by atoms with van der Waals surface area (Å²) in [4.78, 5) is 16.7.